The van der Waals surface area contributed by atoms with E-state index >= 15 is 0 Å². The maximum atomic E-state index is 5.70. The standard InChI is InChI=1S/C24H28N2O.2ClH/c1-2-6-20-19(5-1)17-23(22-8-4-3-7-21(20)22)24(18-9-15-27-16-10-18)26-13-11-25-12-14-26;;/h1-8,17-18,24-25H,9-16H2;2*1H/t24-;;/m0../s1. The van der Waals surface area contributed by atoms with Crippen molar-refractivity contribution in [2.45, 2.75) is 18.9 Å². The molecule has 0 bridgehead atoms. The van der Waals surface area contributed by atoms with Crippen LogP contribution in [-0.2, 0) is 4.74 Å². The molecule has 5 heteroatoms. The summed E-state index contributed by atoms with van der Waals surface area (Å²) in [4.78, 5) is 2.73. The number of rotatable bonds is 3. The van der Waals surface area contributed by atoms with Gasteiger partial charge in [0.2, 0.25) is 0 Å². The van der Waals surface area contributed by atoms with Gasteiger partial charge in [-0.05, 0) is 51.9 Å². The van der Waals surface area contributed by atoms with Crippen LogP contribution in [0.15, 0.2) is 54.6 Å². The van der Waals surface area contributed by atoms with Crippen LogP contribution < -0.4 is 5.32 Å². The Morgan fingerprint density at radius 3 is 2.17 bits per heavy atom. The van der Waals surface area contributed by atoms with E-state index in [2.05, 4.69) is 64.8 Å². The van der Waals surface area contributed by atoms with E-state index < -0.39 is 0 Å². The molecule has 5 rings (SSSR count). The van der Waals surface area contributed by atoms with Gasteiger partial charge in [0.1, 0.15) is 0 Å². The first-order chi connectivity index (χ1) is 13.4. The molecule has 1 atom stereocenters. The number of halogens is 2. The van der Waals surface area contributed by atoms with Crippen molar-refractivity contribution in [3.05, 3.63) is 60.2 Å². The summed E-state index contributed by atoms with van der Waals surface area (Å²) in [6, 6.07) is 20.8. The van der Waals surface area contributed by atoms with E-state index in [9.17, 15) is 0 Å². The zero-order valence-corrected chi connectivity index (χ0v) is 18.3. The van der Waals surface area contributed by atoms with Crippen LogP contribution in [-0.4, -0.2) is 44.3 Å². The average molecular weight is 433 g/mol. The molecule has 3 aromatic carbocycles. The molecule has 0 aliphatic carbocycles. The third-order valence-electron chi connectivity index (χ3n) is 6.38. The minimum Gasteiger partial charge on any atom is -0.381 e. The number of nitrogens with zero attached hydrogens (tertiary/aromatic N) is 1. The second kappa shape index (κ2) is 10.1. The normalized spacial score (nSPS) is 19.4. The number of ether oxygens (including phenoxy) is 1. The molecule has 0 unspecified atom stereocenters. The minimum absolute atomic E-state index is 0. The molecule has 2 fully saturated rings. The van der Waals surface area contributed by atoms with Gasteiger partial charge in [0.25, 0.3) is 0 Å². The monoisotopic (exact) mass is 432 g/mol. The summed E-state index contributed by atoms with van der Waals surface area (Å²) < 4.78 is 5.70. The highest BCUT2D eigenvalue weighted by Crippen LogP contribution is 2.40. The quantitative estimate of drug-likeness (QED) is 0.574. The molecule has 2 aliphatic rings. The number of nitrogens with one attached hydrogen (secondary N) is 1. The van der Waals surface area contributed by atoms with Gasteiger partial charge >= 0.3 is 0 Å². The van der Waals surface area contributed by atoms with Crippen molar-refractivity contribution in [2.75, 3.05) is 39.4 Å². The smallest absolute Gasteiger partial charge is 0.0469 e. The van der Waals surface area contributed by atoms with E-state index in [1.807, 2.05) is 0 Å². The second-order valence-electron chi connectivity index (χ2n) is 7.91. The lowest BCUT2D eigenvalue weighted by atomic mass is 9.82. The predicted octanol–water partition coefficient (Wildman–Crippen LogP) is 5.21. The zero-order chi connectivity index (χ0) is 18.1. The largest absolute Gasteiger partial charge is 0.381 e. The van der Waals surface area contributed by atoms with Crippen LogP contribution in [0.3, 0.4) is 0 Å². The summed E-state index contributed by atoms with van der Waals surface area (Å²) in [6.45, 7) is 6.24. The number of hydrogen-bond acceptors (Lipinski definition) is 3. The number of piperazine rings is 1. The minimum atomic E-state index is 0. The highest BCUT2D eigenvalue weighted by atomic mass is 35.5. The van der Waals surface area contributed by atoms with Gasteiger partial charge in [-0.15, -0.1) is 24.8 Å². The first kappa shape index (κ1) is 22.3. The van der Waals surface area contributed by atoms with Gasteiger partial charge in [-0.25, -0.2) is 0 Å². The van der Waals surface area contributed by atoms with Gasteiger partial charge in [0, 0.05) is 45.4 Å². The first-order valence-corrected chi connectivity index (χ1v) is 10.3. The summed E-state index contributed by atoms with van der Waals surface area (Å²) in [5.41, 5.74) is 1.51. The summed E-state index contributed by atoms with van der Waals surface area (Å²) in [5, 5.41) is 9.06. The summed E-state index contributed by atoms with van der Waals surface area (Å²) >= 11 is 0. The average Bonchev–Trinajstić information content (AvgIpc) is 2.76. The number of benzene rings is 3. The molecule has 3 aromatic rings. The molecule has 0 radical (unpaired) electrons. The van der Waals surface area contributed by atoms with Crippen LogP contribution in [0.2, 0.25) is 0 Å². The van der Waals surface area contributed by atoms with E-state index in [4.69, 9.17) is 4.74 Å². The molecule has 29 heavy (non-hydrogen) atoms. The fourth-order valence-electron chi connectivity index (χ4n) is 5.07. The molecular formula is C24H30Cl2N2O. The van der Waals surface area contributed by atoms with E-state index in [-0.39, 0.29) is 24.8 Å². The van der Waals surface area contributed by atoms with Gasteiger partial charge in [0.05, 0.1) is 0 Å². The van der Waals surface area contributed by atoms with Gasteiger partial charge in [-0.1, -0.05) is 48.5 Å². The Morgan fingerprint density at radius 2 is 1.45 bits per heavy atom. The Bertz CT molecular complexity index is 918. The topological polar surface area (TPSA) is 24.5 Å². The van der Waals surface area contributed by atoms with Crippen LogP contribution >= 0.6 is 24.8 Å². The summed E-state index contributed by atoms with van der Waals surface area (Å²) in [7, 11) is 0. The Labute approximate surface area is 185 Å². The van der Waals surface area contributed by atoms with Crippen molar-refractivity contribution >= 4 is 46.4 Å². The van der Waals surface area contributed by atoms with Crippen molar-refractivity contribution in [3.63, 3.8) is 0 Å². The first-order valence-electron chi connectivity index (χ1n) is 10.3. The molecule has 0 spiro atoms. The van der Waals surface area contributed by atoms with Crippen molar-refractivity contribution in [2.24, 2.45) is 5.92 Å². The van der Waals surface area contributed by atoms with Crippen LogP contribution in [0.5, 0.6) is 0 Å². The van der Waals surface area contributed by atoms with Gasteiger partial charge in [-0.2, -0.15) is 0 Å². The highest BCUT2D eigenvalue weighted by molar-refractivity contribution is 6.09. The van der Waals surface area contributed by atoms with Crippen molar-refractivity contribution < 1.29 is 4.74 Å². The third kappa shape index (κ3) is 4.40. The molecule has 1 N–H and O–H groups in total. The van der Waals surface area contributed by atoms with Gasteiger partial charge in [-0.3, -0.25) is 4.90 Å². The van der Waals surface area contributed by atoms with Crippen LogP contribution in [0.25, 0.3) is 21.5 Å². The Morgan fingerprint density at radius 1 is 0.828 bits per heavy atom. The fourth-order valence-corrected chi connectivity index (χ4v) is 5.07. The molecule has 2 saturated heterocycles. The molecule has 2 heterocycles. The molecule has 156 valence electrons. The molecule has 3 nitrogen and oxygen atoms in total. The van der Waals surface area contributed by atoms with Crippen molar-refractivity contribution in [1.82, 2.24) is 10.2 Å². The fraction of sp³-hybridized carbons (Fsp3) is 0.417. The SMILES string of the molecule is Cl.Cl.c1ccc2c(c1)cc([C@H](C1CCOCC1)N1CCNCC1)c1ccccc12. The molecular weight excluding hydrogens is 403 g/mol. The Kier molecular flexibility index (Phi) is 7.78. The summed E-state index contributed by atoms with van der Waals surface area (Å²) in [5.74, 6) is 0.668. The maximum absolute atomic E-state index is 5.70. The predicted molar refractivity (Wildman–Crippen MR) is 127 cm³/mol. The van der Waals surface area contributed by atoms with Crippen LogP contribution in [0.4, 0.5) is 0 Å². The van der Waals surface area contributed by atoms with Gasteiger partial charge < -0.3 is 10.1 Å². The van der Waals surface area contributed by atoms with E-state index in [1.54, 1.807) is 0 Å². The maximum Gasteiger partial charge on any atom is 0.0469 e. The highest BCUT2D eigenvalue weighted by Gasteiger charge is 2.32. The van der Waals surface area contributed by atoms with Crippen molar-refractivity contribution in [1.29, 1.82) is 0 Å². The van der Waals surface area contributed by atoms with E-state index in [0.29, 0.717) is 12.0 Å². The van der Waals surface area contributed by atoms with Crippen molar-refractivity contribution in [3.8, 4) is 0 Å². The Hall–Kier alpha value is -1.36. The van der Waals surface area contributed by atoms with Crippen LogP contribution in [0.1, 0.15) is 24.4 Å². The lowest BCUT2D eigenvalue weighted by molar-refractivity contribution is 0.0217. The number of fused-ring (bicyclic) bond motifs is 3. The summed E-state index contributed by atoms with van der Waals surface area (Å²) in [6.07, 6.45) is 2.32. The van der Waals surface area contributed by atoms with Crippen LogP contribution in [0, 0.1) is 5.92 Å². The molecule has 0 saturated carbocycles. The lowest BCUT2D eigenvalue weighted by Crippen LogP contribution is -2.47. The van der Waals surface area contributed by atoms with E-state index in [0.717, 1.165) is 52.2 Å². The second-order valence-corrected chi connectivity index (χ2v) is 7.91. The van der Waals surface area contributed by atoms with E-state index in [1.165, 1.54) is 27.1 Å². The number of hydrogen-bond donors (Lipinski definition) is 1. The zero-order valence-electron chi connectivity index (χ0n) is 16.7. The Balaban J connectivity index is 0.00000120. The molecule has 0 amide bonds. The molecule has 2 aliphatic heterocycles. The third-order valence-corrected chi connectivity index (χ3v) is 6.38. The van der Waals surface area contributed by atoms with Gasteiger partial charge in [0.15, 0.2) is 0 Å². The molecule has 0 aromatic heterocycles. The lowest BCUT2D eigenvalue weighted by Gasteiger charge is -2.41.